The van der Waals surface area contributed by atoms with Crippen molar-refractivity contribution in [3.8, 4) is 23.0 Å². The van der Waals surface area contributed by atoms with E-state index in [9.17, 15) is 39.6 Å². The van der Waals surface area contributed by atoms with Gasteiger partial charge in [-0.05, 0) is 47.5 Å². The summed E-state index contributed by atoms with van der Waals surface area (Å²) in [6, 6.07) is 15.1. The van der Waals surface area contributed by atoms with Crippen molar-refractivity contribution in [3.05, 3.63) is 153 Å². The van der Waals surface area contributed by atoms with Crippen LogP contribution in [0.25, 0.3) is 0 Å². The molecule has 0 aliphatic carbocycles. The highest BCUT2D eigenvalue weighted by Crippen LogP contribution is 2.65. The highest BCUT2D eigenvalue weighted by Gasteiger charge is 2.66. The van der Waals surface area contributed by atoms with Gasteiger partial charge in [-0.2, -0.15) is 26.3 Å². The van der Waals surface area contributed by atoms with Gasteiger partial charge in [0.15, 0.2) is 0 Å². The number of hydrogen-bond acceptors (Lipinski definition) is 6. The molecule has 0 spiro atoms. The third kappa shape index (κ3) is 4.82. The molecule has 5 aromatic carbocycles. The number of benzene rings is 5. The first-order valence-electron chi connectivity index (χ1n) is 15.4. The maximum absolute atomic E-state index is 16.1. The number of alkyl halides is 6. The Bertz CT molecular complexity index is 2270. The van der Waals surface area contributed by atoms with E-state index in [4.69, 9.17) is 9.47 Å². The number of carboxylic acid groups (broad SMARTS) is 4. The number of rotatable bonds is 6. The summed E-state index contributed by atoms with van der Waals surface area (Å²) in [6.07, 6.45) is -10.9. The molecule has 0 radical (unpaired) electrons. The molecule has 0 amide bonds. The molecule has 2 unspecified atom stereocenters. The van der Waals surface area contributed by atoms with Crippen molar-refractivity contribution in [2.24, 2.45) is 0 Å². The van der Waals surface area contributed by atoms with Crippen molar-refractivity contribution in [2.45, 2.75) is 23.2 Å². The van der Waals surface area contributed by atoms with E-state index in [2.05, 4.69) is 0 Å². The molecule has 0 saturated carbocycles. The van der Waals surface area contributed by atoms with Crippen LogP contribution in [0.5, 0.6) is 23.0 Å². The van der Waals surface area contributed by atoms with Gasteiger partial charge < -0.3 is 29.9 Å². The lowest BCUT2D eigenvalue weighted by atomic mass is 9.63. The number of aromatic carboxylic acids is 4. The maximum atomic E-state index is 16.1. The molecule has 4 N–H and O–H groups in total. The summed E-state index contributed by atoms with van der Waals surface area (Å²) in [7, 11) is 0. The number of carboxylic acids is 4. The highest BCUT2D eigenvalue weighted by molar-refractivity contribution is 6.03. The SMILES string of the molecule is O=C(O)c1cc2c(cc1C(=O)O)C(c1ccccc1)(C(F)(F)F)c1cc3c(cc1O2)C(c1ccccc1)(C(F)(F)F)c1cc(C(=O)O)c(C(=O)O)cc1O3. The summed E-state index contributed by atoms with van der Waals surface area (Å²) < 4.78 is 108. The Morgan fingerprint density at radius 1 is 0.426 bits per heavy atom. The predicted molar refractivity (Wildman–Crippen MR) is 172 cm³/mol. The molecule has 2 aliphatic rings. The van der Waals surface area contributed by atoms with Crippen LogP contribution in [0.3, 0.4) is 0 Å². The summed E-state index contributed by atoms with van der Waals surface area (Å²) in [5.74, 6) is -10.9. The third-order valence-electron chi connectivity index (χ3n) is 9.56. The Morgan fingerprint density at radius 3 is 0.963 bits per heavy atom. The van der Waals surface area contributed by atoms with Crippen LogP contribution in [0.1, 0.15) is 74.8 Å². The topological polar surface area (TPSA) is 168 Å². The first-order valence-corrected chi connectivity index (χ1v) is 15.4. The number of halogens is 6. The van der Waals surface area contributed by atoms with E-state index in [1.54, 1.807) is 0 Å². The van der Waals surface area contributed by atoms with Crippen LogP contribution in [0.15, 0.2) is 97.1 Å². The van der Waals surface area contributed by atoms with Gasteiger partial charge in [0, 0.05) is 22.3 Å². The van der Waals surface area contributed by atoms with E-state index in [1.165, 1.54) is 36.4 Å². The predicted octanol–water partition coefficient (Wildman–Crippen LogP) is 8.48. The number of fused-ring (bicyclic) bond motifs is 4. The fourth-order valence-corrected chi connectivity index (χ4v) is 7.40. The summed E-state index contributed by atoms with van der Waals surface area (Å²) in [4.78, 5) is 48.7. The molecule has 2 aliphatic heterocycles. The van der Waals surface area contributed by atoms with Crippen LogP contribution in [0.2, 0.25) is 0 Å². The van der Waals surface area contributed by atoms with E-state index >= 15 is 26.3 Å². The molecular weight excluding hydrogens is 730 g/mol. The van der Waals surface area contributed by atoms with Crippen LogP contribution in [0.4, 0.5) is 26.3 Å². The molecule has 0 bridgehead atoms. The van der Waals surface area contributed by atoms with Crippen LogP contribution in [0, 0.1) is 0 Å². The summed E-state index contributed by atoms with van der Waals surface area (Å²) >= 11 is 0. The number of hydrogen-bond donors (Lipinski definition) is 4. The molecule has 16 heteroatoms. The van der Waals surface area contributed by atoms with Gasteiger partial charge in [0.1, 0.15) is 33.8 Å². The molecule has 2 atom stereocenters. The summed E-state index contributed by atoms with van der Waals surface area (Å²) in [5.41, 5.74) is -15.6. The molecular formula is C38H20F6O10. The Kier molecular flexibility index (Phi) is 7.80. The van der Waals surface area contributed by atoms with Crippen molar-refractivity contribution in [3.63, 3.8) is 0 Å². The van der Waals surface area contributed by atoms with Crippen molar-refractivity contribution < 1.29 is 75.4 Å². The fraction of sp³-hybridized carbons (Fsp3) is 0.105. The zero-order valence-corrected chi connectivity index (χ0v) is 26.7. The highest BCUT2D eigenvalue weighted by atomic mass is 19.4. The molecule has 7 rings (SSSR count). The van der Waals surface area contributed by atoms with Gasteiger partial charge in [0.2, 0.25) is 0 Å². The van der Waals surface area contributed by atoms with E-state index in [0.717, 1.165) is 24.3 Å². The smallest absolute Gasteiger partial charge is 0.406 e. The van der Waals surface area contributed by atoms with Crippen LogP contribution in [-0.4, -0.2) is 56.7 Å². The monoisotopic (exact) mass is 750 g/mol. The second-order valence-corrected chi connectivity index (χ2v) is 12.3. The minimum Gasteiger partial charge on any atom is -0.478 e. The second-order valence-electron chi connectivity index (χ2n) is 12.3. The zero-order chi connectivity index (χ0) is 39.1. The van der Waals surface area contributed by atoms with Gasteiger partial charge in [-0.15, -0.1) is 0 Å². The Labute approximate surface area is 298 Å². The Morgan fingerprint density at radius 2 is 0.685 bits per heavy atom. The Balaban J connectivity index is 1.68. The van der Waals surface area contributed by atoms with E-state index < -0.39 is 126 Å². The fourth-order valence-electron chi connectivity index (χ4n) is 7.40. The average molecular weight is 751 g/mol. The summed E-state index contributed by atoms with van der Waals surface area (Å²) in [6.45, 7) is 0. The van der Waals surface area contributed by atoms with E-state index in [-0.39, 0.29) is 0 Å². The molecule has 54 heavy (non-hydrogen) atoms. The molecule has 0 saturated heterocycles. The van der Waals surface area contributed by atoms with E-state index in [1.807, 2.05) is 0 Å². The molecule has 274 valence electrons. The van der Waals surface area contributed by atoms with Crippen molar-refractivity contribution in [1.29, 1.82) is 0 Å². The van der Waals surface area contributed by atoms with Gasteiger partial charge in [0.25, 0.3) is 0 Å². The third-order valence-corrected chi connectivity index (χ3v) is 9.56. The molecule has 2 heterocycles. The second kappa shape index (κ2) is 11.8. The van der Waals surface area contributed by atoms with Crippen molar-refractivity contribution in [2.75, 3.05) is 0 Å². The standard InChI is InChI=1S/C38H20F6O10/c39-37(40,41)35(17-7-3-1-4-8-17)23-11-19(31(45)46)21(33(49)50)13-27(23)53-29-16-26-30(15-25(29)35)54-28-14-22(34(51)52)20(32(47)48)12-24(28)36(26,38(42,43)44)18-9-5-2-6-10-18/h1-16H,(H,45,46)(H,47,48)(H,49,50)(H,51,52). The first kappa shape index (κ1) is 35.6. The van der Waals surface area contributed by atoms with Crippen molar-refractivity contribution >= 4 is 23.9 Å². The molecule has 10 nitrogen and oxygen atoms in total. The number of ether oxygens (including phenoxy) is 2. The zero-order valence-electron chi connectivity index (χ0n) is 26.7. The first-order chi connectivity index (χ1) is 25.3. The quantitative estimate of drug-likeness (QED) is 0.124. The van der Waals surface area contributed by atoms with Gasteiger partial charge >= 0.3 is 36.2 Å². The van der Waals surface area contributed by atoms with Crippen molar-refractivity contribution in [1.82, 2.24) is 0 Å². The van der Waals surface area contributed by atoms with Crippen LogP contribution >= 0.6 is 0 Å². The molecule has 5 aromatic rings. The summed E-state index contributed by atoms with van der Waals surface area (Å²) in [5, 5.41) is 39.4. The lowest BCUT2D eigenvalue weighted by Gasteiger charge is -2.45. The van der Waals surface area contributed by atoms with Gasteiger partial charge in [-0.3, -0.25) is 0 Å². The largest absolute Gasteiger partial charge is 0.478 e. The Hall–Kier alpha value is -6.84. The van der Waals surface area contributed by atoms with Gasteiger partial charge in [-0.25, -0.2) is 19.2 Å². The van der Waals surface area contributed by atoms with Gasteiger partial charge in [0.05, 0.1) is 22.3 Å². The lowest BCUT2D eigenvalue weighted by Crippen LogP contribution is -2.48. The average Bonchev–Trinajstić information content (AvgIpc) is 3.10. The maximum Gasteiger partial charge on any atom is 0.406 e. The van der Waals surface area contributed by atoms with E-state index in [0.29, 0.717) is 36.4 Å². The molecule has 0 fully saturated rings. The van der Waals surface area contributed by atoms with Crippen LogP contribution in [-0.2, 0) is 10.8 Å². The number of carbonyl (C=O) groups is 4. The van der Waals surface area contributed by atoms with Crippen LogP contribution < -0.4 is 9.47 Å². The van der Waals surface area contributed by atoms with Gasteiger partial charge in [-0.1, -0.05) is 60.7 Å². The minimum atomic E-state index is -5.45. The molecule has 0 aromatic heterocycles. The normalized spacial score (nSPS) is 18.5. The lowest BCUT2D eigenvalue weighted by molar-refractivity contribution is -0.170. The minimum absolute atomic E-state index is 0.483.